The van der Waals surface area contributed by atoms with Crippen molar-refractivity contribution < 1.29 is 28.6 Å². The molecule has 2 heterocycles. The maximum atomic E-state index is 12.9. The standard InChI is InChI=1S/C20H24N2O6S/c1-20(2)27-10-13(11-28-20)15(19(25)26-3)22-17(24)14(18(22)29-4)21-16(23)12-8-6-5-7-9-12/h5-9,14,18H,10-11H2,1-4H3,(H,21,23)/t14-,18+/m0/s1. The zero-order chi connectivity index (χ0) is 21.2. The summed E-state index contributed by atoms with van der Waals surface area (Å²) in [5.41, 5.74) is 1.09. The third-order valence-electron chi connectivity index (χ3n) is 4.75. The third-order valence-corrected chi connectivity index (χ3v) is 5.72. The first-order valence-electron chi connectivity index (χ1n) is 9.09. The fourth-order valence-electron chi connectivity index (χ4n) is 3.14. The van der Waals surface area contributed by atoms with Gasteiger partial charge in [-0.3, -0.25) is 14.5 Å². The average molecular weight is 420 g/mol. The van der Waals surface area contributed by atoms with Gasteiger partial charge in [0.25, 0.3) is 11.8 Å². The van der Waals surface area contributed by atoms with Crippen LogP contribution in [0.25, 0.3) is 0 Å². The molecule has 0 unspecified atom stereocenters. The first-order valence-corrected chi connectivity index (χ1v) is 10.4. The van der Waals surface area contributed by atoms with Crippen LogP contribution in [-0.2, 0) is 23.8 Å². The molecule has 0 saturated carbocycles. The Morgan fingerprint density at radius 3 is 2.38 bits per heavy atom. The highest BCUT2D eigenvalue weighted by molar-refractivity contribution is 7.99. The number of carbonyl (C=O) groups excluding carboxylic acids is 3. The Morgan fingerprint density at radius 1 is 1.21 bits per heavy atom. The van der Waals surface area contributed by atoms with Gasteiger partial charge in [-0.15, -0.1) is 11.8 Å². The summed E-state index contributed by atoms with van der Waals surface area (Å²) in [6.07, 6.45) is 1.81. The second kappa shape index (κ2) is 8.56. The van der Waals surface area contributed by atoms with Gasteiger partial charge in [-0.1, -0.05) is 18.2 Å². The van der Waals surface area contributed by atoms with Crippen LogP contribution in [0.5, 0.6) is 0 Å². The predicted octanol–water partition coefficient (Wildman–Crippen LogP) is 1.53. The SMILES string of the molecule is COC(=O)C(=C1COC(C)(C)OC1)N1C(=O)[C@H](NC(=O)c2ccccc2)[C@H]1SC. The molecular formula is C20H24N2O6S. The molecule has 2 atom stereocenters. The Morgan fingerprint density at radius 2 is 1.83 bits per heavy atom. The molecule has 0 aliphatic carbocycles. The summed E-state index contributed by atoms with van der Waals surface area (Å²) in [7, 11) is 1.25. The van der Waals surface area contributed by atoms with Crippen molar-refractivity contribution in [3.8, 4) is 0 Å². The summed E-state index contributed by atoms with van der Waals surface area (Å²) in [5.74, 6) is -2.14. The molecule has 0 aromatic heterocycles. The molecule has 2 amide bonds. The van der Waals surface area contributed by atoms with E-state index in [-0.39, 0.29) is 30.7 Å². The zero-order valence-electron chi connectivity index (χ0n) is 16.8. The molecule has 0 radical (unpaired) electrons. The summed E-state index contributed by atoms with van der Waals surface area (Å²) >= 11 is 1.36. The lowest BCUT2D eigenvalue weighted by atomic mass is 10.0. The van der Waals surface area contributed by atoms with Gasteiger partial charge in [0.15, 0.2) is 5.79 Å². The van der Waals surface area contributed by atoms with E-state index in [4.69, 9.17) is 14.2 Å². The molecule has 0 spiro atoms. The van der Waals surface area contributed by atoms with Crippen molar-refractivity contribution in [2.24, 2.45) is 0 Å². The van der Waals surface area contributed by atoms with E-state index in [1.54, 1.807) is 38.1 Å². The lowest BCUT2D eigenvalue weighted by Gasteiger charge is -2.47. The van der Waals surface area contributed by atoms with Crippen LogP contribution in [0.4, 0.5) is 0 Å². The number of methoxy groups -OCH3 is 1. The number of esters is 1. The van der Waals surface area contributed by atoms with Crippen molar-refractivity contribution in [1.82, 2.24) is 10.2 Å². The van der Waals surface area contributed by atoms with E-state index in [2.05, 4.69) is 5.32 Å². The van der Waals surface area contributed by atoms with Gasteiger partial charge in [-0.05, 0) is 32.2 Å². The first kappa shape index (κ1) is 21.4. The average Bonchev–Trinajstić information content (AvgIpc) is 2.73. The molecule has 2 saturated heterocycles. The van der Waals surface area contributed by atoms with Gasteiger partial charge in [0.1, 0.15) is 17.1 Å². The number of rotatable bonds is 5. The minimum Gasteiger partial charge on any atom is -0.464 e. The summed E-state index contributed by atoms with van der Waals surface area (Å²) in [6, 6.07) is 7.90. The molecule has 9 heteroatoms. The van der Waals surface area contributed by atoms with Crippen LogP contribution in [0.2, 0.25) is 0 Å². The van der Waals surface area contributed by atoms with Crippen LogP contribution in [-0.4, -0.2) is 66.5 Å². The van der Waals surface area contributed by atoms with Crippen LogP contribution in [0.1, 0.15) is 24.2 Å². The summed E-state index contributed by atoms with van der Waals surface area (Å²) < 4.78 is 16.1. The monoisotopic (exact) mass is 420 g/mol. The van der Waals surface area contributed by atoms with Gasteiger partial charge in [0.05, 0.1) is 20.3 Å². The highest BCUT2D eigenvalue weighted by atomic mass is 32.2. The summed E-state index contributed by atoms with van der Waals surface area (Å²) in [4.78, 5) is 39.2. The quantitative estimate of drug-likeness (QED) is 0.439. The van der Waals surface area contributed by atoms with Gasteiger partial charge in [0, 0.05) is 11.1 Å². The molecule has 2 aliphatic rings. The first-order chi connectivity index (χ1) is 13.8. The topological polar surface area (TPSA) is 94.2 Å². The van der Waals surface area contributed by atoms with Crippen molar-refractivity contribution in [2.75, 3.05) is 26.6 Å². The number of nitrogens with zero attached hydrogens (tertiary/aromatic N) is 1. The zero-order valence-corrected chi connectivity index (χ0v) is 17.6. The third kappa shape index (κ3) is 4.31. The number of nitrogens with one attached hydrogen (secondary N) is 1. The van der Waals surface area contributed by atoms with E-state index in [0.717, 1.165) is 0 Å². The van der Waals surface area contributed by atoms with Crippen molar-refractivity contribution in [3.63, 3.8) is 0 Å². The molecule has 2 fully saturated rings. The number of thioether (sulfide) groups is 1. The Bertz CT molecular complexity index is 827. The van der Waals surface area contributed by atoms with E-state index in [1.807, 2.05) is 12.3 Å². The second-order valence-electron chi connectivity index (χ2n) is 7.07. The van der Waals surface area contributed by atoms with Crippen LogP contribution in [0.3, 0.4) is 0 Å². The summed E-state index contributed by atoms with van der Waals surface area (Å²) in [6.45, 7) is 3.83. The highest BCUT2D eigenvalue weighted by Gasteiger charge is 2.52. The van der Waals surface area contributed by atoms with E-state index in [1.165, 1.54) is 23.8 Å². The summed E-state index contributed by atoms with van der Waals surface area (Å²) in [5, 5.41) is 2.30. The fourth-order valence-corrected chi connectivity index (χ4v) is 4.02. The van der Waals surface area contributed by atoms with Gasteiger partial charge in [-0.2, -0.15) is 0 Å². The minimum atomic E-state index is -0.769. The number of carbonyl (C=O) groups is 3. The van der Waals surface area contributed by atoms with Gasteiger partial charge >= 0.3 is 5.97 Å². The van der Waals surface area contributed by atoms with Crippen LogP contribution in [0, 0.1) is 0 Å². The van der Waals surface area contributed by atoms with Crippen LogP contribution >= 0.6 is 11.8 Å². The van der Waals surface area contributed by atoms with Gasteiger partial charge < -0.3 is 19.5 Å². The predicted molar refractivity (Wildman–Crippen MR) is 107 cm³/mol. The van der Waals surface area contributed by atoms with Gasteiger partial charge in [-0.25, -0.2) is 4.79 Å². The van der Waals surface area contributed by atoms with E-state index in [9.17, 15) is 14.4 Å². The smallest absolute Gasteiger partial charge is 0.354 e. The molecular weight excluding hydrogens is 396 g/mol. The number of hydrogen-bond donors (Lipinski definition) is 1. The maximum Gasteiger partial charge on any atom is 0.354 e. The second-order valence-corrected chi connectivity index (χ2v) is 8.03. The maximum absolute atomic E-state index is 12.9. The number of ether oxygens (including phenoxy) is 3. The van der Waals surface area contributed by atoms with Crippen molar-refractivity contribution in [1.29, 1.82) is 0 Å². The minimum absolute atomic E-state index is 0.109. The van der Waals surface area contributed by atoms with Crippen molar-refractivity contribution in [2.45, 2.75) is 31.1 Å². The Balaban J connectivity index is 1.82. The van der Waals surface area contributed by atoms with E-state index >= 15 is 0 Å². The Labute approximate surface area is 173 Å². The molecule has 156 valence electrons. The molecule has 29 heavy (non-hydrogen) atoms. The number of likely N-dealkylation sites (tertiary alicyclic amines) is 1. The number of amides is 2. The lowest BCUT2D eigenvalue weighted by Crippen LogP contribution is -2.69. The Hall–Kier alpha value is -2.36. The molecule has 0 bridgehead atoms. The van der Waals surface area contributed by atoms with Crippen molar-refractivity contribution in [3.05, 3.63) is 47.2 Å². The molecule has 1 aromatic carbocycles. The lowest BCUT2D eigenvalue weighted by molar-refractivity contribution is -0.226. The number of benzene rings is 1. The van der Waals surface area contributed by atoms with Gasteiger partial charge in [0.2, 0.25) is 0 Å². The number of β-lactam (4-membered cyclic amide) rings is 1. The molecule has 1 N–H and O–H groups in total. The van der Waals surface area contributed by atoms with Crippen LogP contribution < -0.4 is 5.32 Å². The Kier molecular flexibility index (Phi) is 6.30. The molecule has 8 nitrogen and oxygen atoms in total. The normalized spacial score (nSPS) is 23.2. The molecule has 3 rings (SSSR count). The molecule has 1 aromatic rings. The van der Waals surface area contributed by atoms with E-state index in [0.29, 0.717) is 11.1 Å². The van der Waals surface area contributed by atoms with Crippen molar-refractivity contribution >= 4 is 29.5 Å². The van der Waals surface area contributed by atoms with E-state index < -0.39 is 23.2 Å². The number of hydrogen-bond acceptors (Lipinski definition) is 7. The largest absolute Gasteiger partial charge is 0.464 e. The molecule has 2 aliphatic heterocycles. The fraction of sp³-hybridized carbons (Fsp3) is 0.450. The highest BCUT2D eigenvalue weighted by Crippen LogP contribution is 2.35. The van der Waals surface area contributed by atoms with Crippen LogP contribution in [0.15, 0.2) is 41.6 Å².